The highest BCUT2D eigenvalue weighted by Gasteiger charge is 2.20. The van der Waals surface area contributed by atoms with Crippen molar-refractivity contribution in [3.05, 3.63) is 254 Å². The van der Waals surface area contributed by atoms with Gasteiger partial charge in [0.1, 0.15) is 18.1 Å². The summed E-state index contributed by atoms with van der Waals surface area (Å²) in [6, 6.07) is 36.5. The first kappa shape index (κ1) is 117. The van der Waals surface area contributed by atoms with Gasteiger partial charge in [-0.1, -0.05) is 195 Å². The third-order valence-corrected chi connectivity index (χ3v) is 25.0. The minimum Gasteiger partial charge on any atom is -0.496 e. The molecule has 130 heavy (non-hydrogen) atoms. The number of carbonyl (C=O) groups excluding carboxylic acids is 5. The first-order chi connectivity index (χ1) is 60.7. The van der Waals surface area contributed by atoms with Gasteiger partial charge in [-0.2, -0.15) is 0 Å². The highest BCUT2D eigenvalue weighted by molar-refractivity contribution is 6.39. The lowest BCUT2D eigenvalue weighted by Crippen LogP contribution is -2.36. The summed E-state index contributed by atoms with van der Waals surface area (Å²) in [5.41, 5.74) is 20.1. The van der Waals surface area contributed by atoms with E-state index in [9.17, 15) is 24.0 Å². The van der Waals surface area contributed by atoms with Gasteiger partial charge in [0, 0.05) is 102 Å². The fraction of sp³-hybridized carbons (Fsp3) is 0.402. The molecule has 8 aromatic carbocycles. The lowest BCUT2D eigenvalue weighted by Gasteiger charge is -2.25. The maximum Gasteiger partial charge on any atom is 0.238 e. The Morgan fingerprint density at radius 1 is 0.354 bits per heavy atom. The van der Waals surface area contributed by atoms with Crippen LogP contribution in [0.15, 0.2) is 128 Å². The Balaban J connectivity index is 0.000000380. The van der Waals surface area contributed by atoms with Gasteiger partial charge in [0.15, 0.2) is 0 Å². The number of likely N-dealkylation sites (tertiary alicyclic amines) is 3. The number of likely N-dealkylation sites (N-methyl/N-ethyl adjacent to an activating group) is 3. The van der Waals surface area contributed by atoms with Crippen LogP contribution < -0.4 is 41.8 Å². The number of hydrogen-bond donors (Lipinski definition) is 6. The van der Waals surface area contributed by atoms with E-state index in [1.165, 1.54) is 44.9 Å². The first-order valence-electron chi connectivity index (χ1n) is 41.7. The number of amides is 5. The molecule has 5 amide bonds. The maximum absolute atomic E-state index is 11.9. The van der Waals surface area contributed by atoms with Gasteiger partial charge < -0.3 is 56.5 Å². The zero-order chi connectivity index (χ0) is 96.5. The monoisotopic (exact) mass is 2040 g/mol. The molecule has 12 rings (SSSR count). The van der Waals surface area contributed by atoms with Gasteiger partial charge in [0.25, 0.3) is 0 Å². The van der Waals surface area contributed by atoms with Crippen LogP contribution in [-0.2, 0) is 24.0 Å². The van der Waals surface area contributed by atoms with Crippen LogP contribution in [0.1, 0.15) is 114 Å². The number of nitrogens with two attached hydrogens (primary N) is 1. The smallest absolute Gasteiger partial charge is 0.238 e. The molecule has 7 N–H and O–H groups in total. The van der Waals surface area contributed by atoms with E-state index in [2.05, 4.69) is 51.2 Å². The molecule has 3 fully saturated rings. The van der Waals surface area contributed by atoms with Crippen LogP contribution in [0.4, 0.5) is 34.1 Å². The lowest BCUT2D eigenvalue weighted by atomic mass is 10.1. The number of ether oxygens (including phenoxy) is 2. The van der Waals surface area contributed by atoms with Gasteiger partial charge >= 0.3 is 0 Å². The predicted molar refractivity (Wildman–Crippen MR) is 557 cm³/mol. The van der Waals surface area contributed by atoms with Crippen molar-refractivity contribution in [2.45, 2.75) is 129 Å². The molecule has 0 radical (unpaired) electrons. The molecule has 3 aliphatic rings. The predicted octanol–water partition coefficient (Wildman–Crippen LogP) is 26.1. The zero-order valence-electron chi connectivity index (χ0n) is 76.7. The average molecular weight is 2050 g/mol. The van der Waals surface area contributed by atoms with Crippen molar-refractivity contribution in [1.82, 2.24) is 34.4 Å². The Labute approximate surface area is 836 Å². The molecule has 3 aliphatic heterocycles. The second-order valence-electron chi connectivity index (χ2n) is 31.9. The molecule has 0 bridgehead atoms. The first-order valence-corrected chi connectivity index (χ1v) is 46.6. The van der Waals surface area contributed by atoms with Crippen molar-refractivity contribution in [3.63, 3.8) is 0 Å². The SMILES string of the molecule is C.COc1cc(Cl)c(C)cc1C.Cc1c(Cl)cc(NC(=O)CN(C)C)cc1Cl.Cc1c(Cl)cc(NC(=O)CN2CCCC2)cc1Cl.Cc1c(Cl)cc(NC(=O)CN2CCCCC2)cc1Cl.Cc1ccc(N)cc1Cl.Cc1ccc(NC(=O)CN(C)C)cc1Cl.Cc1ccc(NC(=O)CN2CCCC2)cc1Cl.Cc1ccc(OCCN(C)C)cc1Cl.Cc1ncc(Cl)c(C)c1Cl. The quantitative estimate of drug-likeness (QED) is 0.0391. The second-order valence-corrected chi connectivity index (χ2v) is 37.2. The van der Waals surface area contributed by atoms with E-state index in [0.29, 0.717) is 112 Å². The Morgan fingerprint density at radius 3 is 1.00 bits per heavy atom. The van der Waals surface area contributed by atoms with E-state index in [1.54, 1.807) is 72.8 Å². The Hall–Kier alpha value is -6.81. The largest absolute Gasteiger partial charge is 0.496 e. The van der Waals surface area contributed by atoms with Gasteiger partial charge in [-0.25, -0.2) is 0 Å². The molecule has 0 saturated carbocycles. The van der Waals surface area contributed by atoms with E-state index in [4.69, 9.17) is 166 Å². The van der Waals surface area contributed by atoms with E-state index in [-0.39, 0.29) is 37.0 Å². The number of aryl methyl sites for hydroxylation is 7. The Bertz CT molecular complexity index is 5030. The van der Waals surface area contributed by atoms with Gasteiger partial charge in [-0.05, 0) is 343 Å². The summed E-state index contributed by atoms with van der Waals surface area (Å²) in [6.45, 7) is 30.7. The summed E-state index contributed by atoms with van der Waals surface area (Å²) >= 11 is 77.2. The van der Waals surface area contributed by atoms with Crippen molar-refractivity contribution in [3.8, 4) is 11.5 Å². The molecule has 20 nitrogen and oxygen atoms in total. The molecule has 3 saturated heterocycles. The molecule has 0 spiro atoms. The molecule has 712 valence electrons. The lowest BCUT2D eigenvalue weighted by molar-refractivity contribution is -0.118. The van der Waals surface area contributed by atoms with Crippen LogP contribution in [0, 0.1) is 76.2 Å². The molecule has 9 aromatic rings. The molecular weight excluding hydrogens is 1920 g/mol. The topological polar surface area (TPSA) is 222 Å². The highest BCUT2D eigenvalue weighted by atomic mass is 35.5. The standard InChI is InChI=1S/C14H18Cl2N2O.C13H16Cl2N2O.C13H17ClN2O.C11H14Cl2N2O.C11H15ClN2O.C11H16ClNO.C9H11ClO.C7H7Cl2N.C7H8ClN.CH4/c1-10-12(15)7-11(8-13(10)16)17-14(19)9-18-5-3-2-4-6-18;1-9-11(14)6-10(7-12(9)15)16-13(18)8-17-4-2-3-5-17;1-10-4-5-11(8-12(10)14)15-13(17)9-16-6-2-3-7-16;1-7-9(12)4-8(5-10(7)13)14-11(16)6-15(2)3;1-8-4-5-9(6-10(8)12)13-11(15)7-14(2)3;1-9-4-5-10(8-11(9)12)14-7-6-13(2)3;1-6-4-7(2)9(11-3)5-8(6)10;1-4-6(8)3-10-5(2)7(4)9;1-5-2-3-6(9)4-7(5)8;/h7-8H,2-6,9H2,1H3,(H,17,19);6-7H,2-5,8H2,1H3,(H,16,18);4-5,8H,2-3,6-7,9H2,1H3,(H,15,17);4-5H,6H2,1-3H3,(H,14,16);4-6H,7H2,1-3H3,(H,13,15);4-5,8H,6-7H2,1-3H3;4-5H,1-3H3;3H,1-2H3;2-4H,9H2,1H3;1H4. The number of anilines is 6. The van der Waals surface area contributed by atoms with Crippen LogP contribution in [0.2, 0.25) is 65.3 Å². The number of methoxy groups -OCH3 is 1. The number of aromatic nitrogens is 1. The molecule has 1 aromatic heterocycles. The van der Waals surface area contributed by atoms with E-state index >= 15 is 0 Å². The number of nitrogens with one attached hydrogen (secondary N) is 5. The van der Waals surface area contributed by atoms with Crippen LogP contribution in [0.5, 0.6) is 11.5 Å². The van der Waals surface area contributed by atoms with E-state index in [1.807, 2.05) is 190 Å². The fourth-order valence-corrected chi connectivity index (χ4v) is 14.7. The van der Waals surface area contributed by atoms with Crippen LogP contribution >= 0.6 is 151 Å². The van der Waals surface area contributed by atoms with Gasteiger partial charge in [-0.15, -0.1) is 0 Å². The third kappa shape index (κ3) is 45.5. The number of piperidine rings is 1. The maximum atomic E-state index is 11.9. The van der Waals surface area contributed by atoms with Crippen molar-refractivity contribution in [1.29, 1.82) is 0 Å². The van der Waals surface area contributed by atoms with E-state index < -0.39 is 0 Å². The molecular formula is C97H126Cl13N13O7. The minimum absolute atomic E-state index is 0. The normalized spacial score (nSPS) is 12.6. The average Bonchev–Trinajstić information content (AvgIpc) is 0.966. The van der Waals surface area contributed by atoms with E-state index in [0.717, 1.165) is 145 Å². The zero-order valence-corrected chi connectivity index (χ0v) is 86.6. The molecule has 4 heterocycles. The fourth-order valence-electron chi connectivity index (χ4n) is 12.0. The molecule has 0 unspecified atom stereocenters. The van der Waals surface area contributed by atoms with Gasteiger partial charge in [0.05, 0.1) is 55.6 Å². The van der Waals surface area contributed by atoms with Crippen molar-refractivity contribution < 1.29 is 33.4 Å². The Kier molecular flexibility index (Phi) is 55.3. The number of nitrogens with zero attached hydrogens (tertiary/aromatic N) is 7. The Morgan fingerprint density at radius 2 is 0.669 bits per heavy atom. The van der Waals surface area contributed by atoms with Gasteiger partial charge in [0.2, 0.25) is 29.5 Å². The van der Waals surface area contributed by atoms with Crippen LogP contribution in [-0.4, -0.2) is 198 Å². The number of carbonyl (C=O) groups is 5. The number of halogens is 13. The molecule has 33 heteroatoms. The highest BCUT2D eigenvalue weighted by Crippen LogP contribution is 2.33. The third-order valence-electron chi connectivity index (χ3n) is 19.7. The summed E-state index contributed by atoms with van der Waals surface area (Å²) in [7, 11) is 13.0. The summed E-state index contributed by atoms with van der Waals surface area (Å²) in [6.07, 6.45) is 9.97. The minimum atomic E-state index is -0.0963. The van der Waals surface area contributed by atoms with Crippen molar-refractivity contribution in [2.75, 3.05) is 167 Å². The number of pyridine rings is 1. The molecule has 0 aliphatic carbocycles. The van der Waals surface area contributed by atoms with Crippen LogP contribution in [0.3, 0.4) is 0 Å². The summed E-state index contributed by atoms with van der Waals surface area (Å²) in [5, 5.41) is 22.3. The second kappa shape index (κ2) is 61.2. The number of nitrogen functional groups attached to an aromatic ring is 1. The van der Waals surface area contributed by atoms with Crippen molar-refractivity contribution in [2.24, 2.45) is 0 Å². The number of rotatable bonds is 20. The number of benzene rings is 8. The molecule has 0 atom stereocenters. The summed E-state index contributed by atoms with van der Waals surface area (Å²) < 4.78 is 10.6. The summed E-state index contributed by atoms with van der Waals surface area (Å²) in [4.78, 5) is 74.6. The van der Waals surface area contributed by atoms with Gasteiger partial charge in [-0.3, -0.25) is 43.7 Å². The van der Waals surface area contributed by atoms with Crippen molar-refractivity contribution >= 4 is 214 Å². The van der Waals surface area contributed by atoms with Crippen LogP contribution in [0.25, 0.3) is 0 Å². The summed E-state index contributed by atoms with van der Waals surface area (Å²) in [5.74, 6) is 1.54. The number of hydrogen-bond acceptors (Lipinski definition) is 15.